The Labute approximate surface area is 95.1 Å². The molecule has 0 fully saturated rings. The van der Waals surface area contributed by atoms with Crippen molar-refractivity contribution in [3.8, 4) is 11.4 Å². The molecule has 0 saturated carbocycles. The Kier molecular flexibility index (Phi) is 2.97. The lowest BCUT2D eigenvalue weighted by atomic mass is 10.2. The minimum Gasteiger partial charge on any atom is -0.325 e. The molecule has 2 aromatic rings. The van der Waals surface area contributed by atoms with Crippen LogP contribution in [0.4, 0.5) is 8.78 Å². The molecule has 0 aliphatic rings. The van der Waals surface area contributed by atoms with E-state index in [1.807, 2.05) is 0 Å². The topological polar surface area (TPSA) is 71.8 Å². The highest BCUT2D eigenvalue weighted by Gasteiger charge is 2.06. The lowest BCUT2D eigenvalue weighted by molar-refractivity contribution is 0.584. The van der Waals surface area contributed by atoms with Crippen LogP contribution in [0.1, 0.15) is 5.69 Å². The molecule has 6 heteroatoms. The van der Waals surface area contributed by atoms with Gasteiger partial charge in [0.05, 0.1) is 5.69 Å². The largest absolute Gasteiger partial charge is 0.325 e. The van der Waals surface area contributed by atoms with Gasteiger partial charge in [-0.05, 0) is 12.1 Å². The van der Waals surface area contributed by atoms with Crippen molar-refractivity contribution in [2.75, 3.05) is 0 Å². The highest BCUT2D eigenvalue weighted by atomic mass is 19.1. The molecule has 0 bridgehead atoms. The summed E-state index contributed by atoms with van der Waals surface area (Å²) >= 11 is 0. The Morgan fingerprint density at radius 1 is 1.18 bits per heavy atom. The SMILES string of the molecule is NCc1cc(=O)[nH]c(-c2cc(F)cc(F)c2)n1. The first-order chi connectivity index (χ1) is 8.08. The van der Waals surface area contributed by atoms with Gasteiger partial charge in [0, 0.05) is 24.2 Å². The van der Waals surface area contributed by atoms with Crippen LogP contribution in [0.25, 0.3) is 11.4 Å². The second-order valence-electron chi connectivity index (χ2n) is 3.45. The number of nitrogens with two attached hydrogens (primary N) is 1. The molecular formula is C11H9F2N3O. The van der Waals surface area contributed by atoms with Gasteiger partial charge in [-0.25, -0.2) is 13.8 Å². The van der Waals surface area contributed by atoms with E-state index >= 15 is 0 Å². The normalized spacial score (nSPS) is 10.5. The third-order valence-corrected chi connectivity index (χ3v) is 2.14. The maximum atomic E-state index is 13.0. The number of hydrogen-bond donors (Lipinski definition) is 2. The van der Waals surface area contributed by atoms with Crippen molar-refractivity contribution in [1.29, 1.82) is 0 Å². The van der Waals surface area contributed by atoms with Gasteiger partial charge in [0.1, 0.15) is 17.5 Å². The fourth-order valence-electron chi connectivity index (χ4n) is 1.44. The van der Waals surface area contributed by atoms with Crippen molar-refractivity contribution in [2.45, 2.75) is 6.54 Å². The van der Waals surface area contributed by atoms with E-state index in [-0.39, 0.29) is 17.9 Å². The minimum absolute atomic E-state index is 0.0781. The standard InChI is InChI=1S/C11H9F2N3O/c12-7-1-6(2-8(13)3-7)11-15-9(5-14)4-10(17)16-11/h1-4H,5,14H2,(H,15,16,17). The van der Waals surface area contributed by atoms with Crippen LogP contribution >= 0.6 is 0 Å². The summed E-state index contributed by atoms with van der Waals surface area (Å²) in [4.78, 5) is 17.7. The molecule has 3 N–H and O–H groups in total. The van der Waals surface area contributed by atoms with Gasteiger partial charge in [-0.3, -0.25) is 4.79 Å². The minimum atomic E-state index is -0.735. The molecule has 0 spiro atoms. The molecule has 88 valence electrons. The Balaban J connectivity index is 2.59. The molecule has 17 heavy (non-hydrogen) atoms. The highest BCUT2D eigenvalue weighted by molar-refractivity contribution is 5.54. The van der Waals surface area contributed by atoms with Crippen molar-refractivity contribution >= 4 is 0 Å². The van der Waals surface area contributed by atoms with Crippen LogP contribution in [0.3, 0.4) is 0 Å². The predicted molar refractivity (Wildman–Crippen MR) is 58.1 cm³/mol. The lowest BCUT2D eigenvalue weighted by Crippen LogP contribution is -2.12. The molecule has 2 rings (SSSR count). The Morgan fingerprint density at radius 3 is 2.41 bits per heavy atom. The number of benzene rings is 1. The maximum Gasteiger partial charge on any atom is 0.251 e. The first kappa shape index (κ1) is 11.4. The molecule has 4 nitrogen and oxygen atoms in total. The van der Waals surface area contributed by atoms with Gasteiger partial charge in [0.25, 0.3) is 5.56 Å². The van der Waals surface area contributed by atoms with Crippen molar-refractivity contribution in [3.05, 3.63) is 51.9 Å². The summed E-state index contributed by atoms with van der Waals surface area (Å²) in [6.07, 6.45) is 0. The summed E-state index contributed by atoms with van der Waals surface area (Å²) in [6.45, 7) is 0.0781. The van der Waals surface area contributed by atoms with E-state index in [1.165, 1.54) is 6.07 Å². The number of nitrogens with one attached hydrogen (secondary N) is 1. The van der Waals surface area contributed by atoms with Crippen molar-refractivity contribution < 1.29 is 8.78 Å². The third kappa shape index (κ3) is 2.54. The molecule has 0 radical (unpaired) electrons. The van der Waals surface area contributed by atoms with Gasteiger partial charge >= 0.3 is 0 Å². The average molecular weight is 237 g/mol. The van der Waals surface area contributed by atoms with Gasteiger partial charge in [0.2, 0.25) is 0 Å². The van der Waals surface area contributed by atoms with Crippen molar-refractivity contribution in [2.24, 2.45) is 5.73 Å². The Morgan fingerprint density at radius 2 is 1.82 bits per heavy atom. The van der Waals surface area contributed by atoms with E-state index < -0.39 is 17.2 Å². The Bertz CT molecular complexity index is 590. The van der Waals surface area contributed by atoms with Crippen LogP contribution in [0, 0.1) is 11.6 Å². The van der Waals surface area contributed by atoms with E-state index in [4.69, 9.17) is 5.73 Å². The number of aromatic nitrogens is 2. The zero-order valence-electron chi connectivity index (χ0n) is 8.71. The fraction of sp³-hybridized carbons (Fsp3) is 0.0909. The number of H-pyrrole nitrogens is 1. The molecule has 0 saturated heterocycles. The van der Waals surface area contributed by atoms with Crippen LogP contribution < -0.4 is 11.3 Å². The maximum absolute atomic E-state index is 13.0. The number of rotatable bonds is 2. The molecule has 1 aromatic carbocycles. The van der Waals surface area contributed by atoms with Gasteiger partial charge in [-0.15, -0.1) is 0 Å². The summed E-state index contributed by atoms with van der Waals surface area (Å²) in [7, 11) is 0. The fourth-order valence-corrected chi connectivity index (χ4v) is 1.44. The second kappa shape index (κ2) is 4.42. The number of halogens is 2. The molecule has 0 unspecified atom stereocenters. The second-order valence-corrected chi connectivity index (χ2v) is 3.45. The van der Waals surface area contributed by atoms with Crippen molar-refractivity contribution in [3.63, 3.8) is 0 Å². The van der Waals surface area contributed by atoms with Crippen LogP contribution in [0.15, 0.2) is 29.1 Å². The van der Waals surface area contributed by atoms with Gasteiger partial charge in [0.15, 0.2) is 0 Å². The number of aromatic amines is 1. The molecule has 0 aliphatic carbocycles. The van der Waals surface area contributed by atoms with Gasteiger partial charge < -0.3 is 10.7 Å². The molecule has 0 amide bonds. The van der Waals surface area contributed by atoms with E-state index in [9.17, 15) is 13.6 Å². The van der Waals surface area contributed by atoms with E-state index in [0.717, 1.165) is 18.2 Å². The molecule has 1 aromatic heterocycles. The zero-order chi connectivity index (χ0) is 12.4. The van der Waals surface area contributed by atoms with Crippen LogP contribution in [-0.2, 0) is 6.54 Å². The van der Waals surface area contributed by atoms with Crippen LogP contribution in [-0.4, -0.2) is 9.97 Å². The first-order valence-corrected chi connectivity index (χ1v) is 4.85. The third-order valence-electron chi connectivity index (χ3n) is 2.14. The zero-order valence-corrected chi connectivity index (χ0v) is 8.71. The average Bonchev–Trinajstić information content (AvgIpc) is 2.26. The Hall–Kier alpha value is -2.08. The summed E-state index contributed by atoms with van der Waals surface area (Å²) < 4.78 is 26.0. The molecule has 0 aliphatic heterocycles. The molecule has 0 atom stereocenters. The monoisotopic (exact) mass is 237 g/mol. The van der Waals surface area contributed by atoms with E-state index in [0.29, 0.717) is 5.69 Å². The summed E-state index contributed by atoms with van der Waals surface area (Å²) in [5.41, 5.74) is 5.46. The lowest BCUT2D eigenvalue weighted by Gasteiger charge is -2.03. The predicted octanol–water partition coefficient (Wildman–Crippen LogP) is 1.17. The van der Waals surface area contributed by atoms with Crippen LogP contribution in [0.2, 0.25) is 0 Å². The molecule has 1 heterocycles. The van der Waals surface area contributed by atoms with E-state index in [1.54, 1.807) is 0 Å². The van der Waals surface area contributed by atoms with Crippen LogP contribution in [0.5, 0.6) is 0 Å². The first-order valence-electron chi connectivity index (χ1n) is 4.85. The van der Waals surface area contributed by atoms with Gasteiger partial charge in [-0.2, -0.15) is 0 Å². The highest BCUT2D eigenvalue weighted by Crippen LogP contribution is 2.17. The quantitative estimate of drug-likeness (QED) is 0.823. The smallest absolute Gasteiger partial charge is 0.251 e. The van der Waals surface area contributed by atoms with E-state index in [2.05, 4.69) is 9.97 Å². The van der Waals surface area contributed by atoms with Gasteiger partial charge in [-0.1, -0.05) is 0 Å². The summed E-state index contributed by atoms with van der Waals surface area (Å²) in [6, 6.07) is 4.15. The number of nitrogens with zero attached hydrogens (tertiary/aromatic N) is 1. The molecular weight excluding hydrogens is 228 g/mol. The summed E-state index contributed by atoms with van der Waals surface area (Å²) in [5, 5.41) is 0. The summed E-state index contributed by atoms with van der Waals surface area (Å²) in [5.74, 6) is -1.38. The van der Waals surface area contributed by atoms with Crippen molar-refractivity contribution in [1.82, 2.24) is 9.97 Å². The number of hydrogen-bond acceptors (Lipinski definition) is 3.